The summed E-state index contributed by atoms with van der Waals surface area (Å²) in [4.78, 5) is 23.4. The van der Waals surface area contributed by atoms with Crippen LogP contribution in [-0.2, 0) is 4.79 Å². The monoisotopic (exact) mass is 372 g/mol. The second-order valence-electron chi connectivity index (χ2n) is 6.24. The number of hydrogen-bond donors (Lipinski definition) is 1. The second-order valence-corrected chi connectivity index (χ2v) is 6.24. The zero-order chi connectivity index (χ0) is 19.2. The Morgan fingerprint density at radius 3 is 2.37 bits per heavy atom. The second kappa shape index (κ2) is 8.57. The Labute approximate surface area is 158 Å². The van der Waals surface area contributed by atoms with Gasteiger partial charge in [-0.1, -0.05) is 0 Å². The molecule has 8 heteroatoms. The van der Waals surface area contributed by atoms with Crippen LogP contribution in [0.5, 0.6) is 17.2 Å². The van der Waals surface area contributed by atoms with Crippen LogP contribution in [0.1, 0.15) is 12.8 Å². The van der Waals surface area contributed by atoms with Crippen LogP contribution in [0.25, 0.3) is 0 Å². The zero-order valence-corrected chi connectivity index (χ0v) is 15.8. The van der Waals surface area contributed by atoms with Gasteiger partial charge in [-0.3, -0.25) is 4.79 Å². The van der Waals surface area contributed by atoms with Crippen LogP contribution in [0.3, 0.4) is 0 Å². The van der Waals surface area contributed by atoms with E-state index in [1.807, 2.05) is 4.90 Å². The first-order chi connectivity index (χ1) is 13.2. The Bertz CT molecular complexity index is 760. The minimum Gasteiger partial charge on any atom is -0.493 e. The molecule has 2 aromatic rings. The van der Waals surface area contributed by atoms with Crippen LogP contribution in [0, 0.1) is 5.92 Å². The number of benzene rings is 1. The van der Waals surface area contributed by atoms with Crippen LogP contribution in [0.4, 0.5) is 11.6 Å². The number of nitrogens with one attached hydrogen (secondary N) is 1. The van der Waals surface area contributed by atoms with Crippen molar-refractivity contribution >= 4 is 17.5 Å². The molecule has 27 heavy (non-hydrogen) atoms. The van der Waals surface area contributed by atoms with Gasteiger partial charge in [-0.15, -0.1) is 0 Å². The lowest BCUT2D eigenvalue weighted by Gasteiger charge is -2.32. The van der Waals surface area contributed by atoms with Gasteiger partial charge in [-0.2, -0.15) is 0 Å². The average Bonchev–Trinajstić information content (AvgIpc) is 2.73. The maximum absolute atomic E-state index is 12.8. The normalized spacial score (nSPS) is 16.6. The molecular weight excluding hydrogens is 348 g/mol. The highest BCUT2D eigenvalue weighted by molar-refractivity contribution is 5.93. The van der Waals surface area contributed by atoms with Crippen molar-refractivity contribution in [1.29, 1.82) is 0 Å². The highest BCUT2D eigenvalue weighted by Crippen LogP contribution is 2.40. The standard InChI is InChI=1S/C19H24N4O4/c1-25-15-10-14(11-16(26-2)17(15)27-3)22-18(24)13-6-4-9-23(12-13)19-20-7-5-8-21-19/h5,7-8,10-11,13H,4,6,9,12H2,1-3H3,(H,22,24)/t13-/m0/s1. The summed E-state index contributed by atoms with van der Waals surface area (Å²) in [5, 5.41) is 2.96. The van der Waals surface area contributed by atoms with E-state index < -0.39 is 0 Å². The molecule has 1 aliphatic heterocycles. The van der Waals surface area contributed by atoms with Crippen molar-refractivity contribution in [2.24, 2.45) is 5.92 Å². The van der Waals surface area contributed by atoms with Gasteiger partial charge in [0.25, 0.3) is 0 Å². The maximum atomic E-state index is 12.8. The van der Waals surface area contributed by atoms with Crippen molar-refractivity contribution < 1.29 is 19.0 Å². The first-order valence-electron chi connectivity index (χ1n) is 8.79. The van der Waals surface area contributed by atoms with Gasteiger partial charge in [-0.25, -0.2) is 9.97 Å². The molecular formula is C19H24N4O4. The molecule has 1 amide bonds. The number of carbonyl (C=O) groups excluding carboxylic acids is 1. The quantitative estimate of drug-likeness (QED) is 0.833. The Balaban J connectivity index is 1.73. The van der Waals surface area contributed by atoms with E-state index in [0.717, 1.165) is 19.4 Å². The minimum atomic E-state index is -0.151. The fourth-order valence-electron chi connectivity index (χ4n) is 3.22. The SMILES string of the molecule is COc1cc(NC(=O)[C@H]2CCCN(c3ncccn3)C2)cc(OC)c1OC. The minimum absolute atomic E-state index is 0.0510. The number of methoxy groups -OCH3 is 3. The molecule has 8 nitrogen and oxygen atoms in total. The van der Waals surface area contributed by atoms with Crippen molar-refractivity contribution in [2.75, 3.05) is 44.6 Å². The smallest absolute Gasteiger partial charge is 0.229 e. The molecule has 1 aliphatic rings. The zero-order valence-electron chi connectivity index (χ0n) is 15.8. The molecule has 0 radical (unpaired) electrons. The number of nitrogens with zero attached hydrogens (tertiary/aromatic N) is 3. The summed E-state index contributed by atoms with van der Waals surface area (Å²) in [7, 11) is 4.63. The first kappa shape index (κ1) is 18.8. The third-order valence-corrected chi connectivity index (χ3v) is 4.56. The summed E-state index contributed by atoms with van der Waals surface area (Å²) in [5.41, 5.74) is 0.600. The van der Waals surface area contributed by atoms with Crippen molar-refractivity contribution in [3.05, 3.63) is 30.6 Å². The van der Waals surface area contributed by atoms with Crippen molar-refractivity contribution in [1.82, 2.24) is 9.97 Å². The molecule has 0 spiro atoms. The lowest BCUT2D eigenvalue weighted by atomic mass is 9.97. The van der Waals surface area contributed by atoms with Crippen LogP contribution >= 0.6 is 0 Å². The van der Waals surface area contributed by atoms with E-state index in [0.29, 0.717) is 35.4 Å². The number of ether oxygens (including phenoxy) is 3. The van der Waals surface area contributed by atoms with E-state index in [4.69, 9.17) is 14.2 Å². The molecule has 1 N–H and O–H groups in total. The third-order valence-electron chi connectivity index (χ3n) is 4.56. The highest BCUT2D eigenvalue weighted by atomic mass is 16.5. The van der Waals surface area contributed by atoms with Gasteiger partial charge in [-0.05, 0) is 18.9 Å². The number of aromatic nitrogens is 2. The van der Waals surface area contributed by atoms with Crippen LogP contribution < -0.4 is 24.4 Å². The molecule has 2 heterocycles. The molecule has 3 rings (SSSR count). The maximum Gasteiger partial charge on any atom is 0.229 e. The predicted molar refractivity (Wildman–Crippen MR) is 102 cm³/mol. The average molecular weight is 372 g/mol. The van der Waals surface area contributed by atoms with E-state index in [9.17, 15) is 4.79 Å². The fourth-order valence-corrected chi connectivity index (χ4v) is 3.22. The molecule has 0 bridgehead atoms. The van der Waals surface area contributed by atoms with Gasteiger partial charge in [0.2, 0.25) is 17.6 Å². The summed E-state index contributed by atoms with van der Waals surface area (Å²) in [6, 6.07) is 5.22. The van der Waals surface area contributed by atoms with Gasteiger partial charge in [0.1, 0.15) is 0 Å². The van der Waals surface area contributed by atoms with Gasteiger partial charge < -0.3 is 24.4 Å². The number of carbonyl (C=O) groups is 1. The van der Waals surface area contributed by atoms with E-state index >= 15 is 0 Å². The Morgan fingerprint density at radius 2 is 1.78 bits per heavy atom. The molecule has 1 aromatic heterocycles. The molecule has 1 aromatic carbocycles. The molecule has 1 atom stereocenters. The van der Waals surface area contributed by atoms with Crippen molar-refractivity contribution in [2.45, 2.75) is 12.8 Å². The molecule has 1 saturated heterocycles. The third kappa shape index (κ3) is 4.21. The van der Waals surface area contributed by atoms with E-state index in [1.54, 1.807) is 51.9 Å². The van der Waals surface area contributed by atoms with E-state index in [1.165, 1.54) is 0 Å². The lowest BCUT2D eigenvalue weighted by molar-refractivity contribution is -0.120. The van der Waals surface area contributed by atoms with Crippen molar-refractivity contribution in [3.8, 4) is 17.2 Å². The molecule has 144 valence electrons. The van der Waals surface area contributed by atoms with Crippen LogP contribution in [-0.4, -0.2) is 50.3 Å². The summed E-state index contributed by atoms with van der Waals surface area (Å²) in [6.45, 7) is 1.43. The topological polar surface area (TPSA) is 85.8 Å². The van der Waals surface area contributed by atoms with Crippen LogP contribution in [0.15, 0.2) is 30.6 Å². The predicted octanol–water partition coefficient (Wildman–Crippen LogP) is 2.36. The highest BCUT2D eigenvalue weighted by Gasteiger charge is 2.27. The lowest BCUT2D eigenvalue weighted by Crippen LogP contribution is -2.41. The summed E-state index contributed by atoms with van der Waals surface area (Å²) >= 11 is 0. The Kier molecular flexibility index (Phi) is 5.95. The van der Waals surface area contributed by atoms with Crippen LogP contribution in [0.2, 0.25) is 0 Å². The Hall–Kier alpha value is -3.03. The molecule has 0 unspecified atom stereocenters. The Morgan fingerprint density at radius 1 is 1.11 bits per heavy atom. The van der Waals surface area contributed by atoms with Gasteiger partial charge in [0.05, 0.1) is 27.2 Å². The fraction of sp³-hybridized carbons (Fsp3) is 0.421. The molecule has 0 saturated carbocycles. The number of anilines is 2. The van der Waals surface area contributed by atoms with Gasteiger partial charge in [0, 0.05) is 43.3 Å². The summed E-state index contributed by atoms with van der Waals surface area (Å²) < 4.78 is 16.0. The van der Waals surface area contributed by atoms with Gasteiger partial charge >= 0.3 is 0 Å². The largest absolute Gasteiger partial charge is 0.493 e. The summed E-state index contributed by atoms with van der Waals surface area (Å²) in [6.07, 6.45) is 5.15. The number of amides is 1. The van der Waals surface area contributed by atoms with Crippen molar-refractivity contribution in [3.63, 3.8) is 0 Å². The van der Waals surface area contributed by atoms with E-state index in [-0.39, 0.29) is 11.8 Å². The first-order valence-corrected chi connectivity index (χ1v) is 8.79. The summed E-state index contributed by atoms with van der Waals surface area (Å²) in [5.74, 6) is 1.93. The number of piperidine rings is 1. The molecule has 0 aliphatic carbocycles. The number of hydrogen-bond acceptors (Lipinski definition) is 7. The number of rotatable bonds is 6. The van der Waals surface area contributed by atoms with Gasteiger partial charge in [0.15, 0.2) is 11.5 Å². The molecule has 1 fully saturated rings. The van der Waals surface area contributed by atoms with E-state index in [2.05, 4.69) is 15.3 Å².